The standard InChI is InChI=1S/C24H41BO2/c1-6-7-8-9-10-11-12-13-14-15-16-21-17-19-22(20-18-21)25-26-23(2,3)24(4,5)27-25/h17-20H,6-16H2,1-5H3. The lowest BCUT2D eigenvalue weighted by molar-refractivity contribution is 0.00578. The molecule has 0 spiro atoms. The lowest BCUT2D eigenvalue weighted by Crippen LogP contribution is -2.41. The van der Waals surface area contributed by atoms with Crippen molar-refractivity contribution in [3.63, 3.8) is 0 Å². The van der Waals surface area contributed by atoms with E-state index in [0.717, 1.165) is 5.46 Å². The van der Waals surface area contributed by atoms with Gasteiger partial charge in [0.1, 0.15) is 0 Å². The second kappa shape index (κ2) is 10.7. The minimum atomic E-state index is -0.271. The fourth-order valence-electron chi connectivity index (χ4n) is 3.64. The van der Waals surface area contributed by atoms with E-state index in [9.17, 15) is 0 Å². The first-order chi connectivity index (χ1) is 12.9. The minimum absolute atomic E-state index is 0.249. The van der Waals surface area contributed by atoms with Crippen LogP contribution in [0.4, 0.5) is 0 Å². The van der Waals surface area contributed by atoms with Gasteiger partial charge in [0, 0.05) is 0 Å². The summed E-state index contributed by atoms with van der Waals surface area (Å²) in [5, 5.41) is 0. The smallest absolute Gasteiger partial charge is 0.399 e. The number of hydrogen-bond acceptors (Lipinski definition) is 2. The molecule has 1 saturated heterocycles. The van der Waals surface area contributed by atoms with Crippen molar-refractivity contribution in [3.8, 4) is 0 Å². The SMILES string of the molecule is CCCCCCCCCCCCc1ccc(B2OC(C)(C)C(C)(C)O2)cc1. The van der Waals surface area contributed by atoms with Crippen molar-refractivity contribution in [1.82, 2.24) is 0 Å². The van der Waals surface area contributed by atoms with Crippen LogP contribution < -0.4 is 5.46 Å². The molecule has 0 amide bonds. The van der Waals surface area contributed by atoms with Gasteiger partial charge in [-0.05, 0) is 51.6 Å². The van der Waals surface area contributed by atoms with Gasteiger partial charge in [0.15, 0.2) is 0 Å². The molecule has 0 bridgehead atoms. The lowest BCUT2D eigenvalue weighted by Gasteiger charge is -2.32. The summed E-state index contributed by atoms with van der Waals surface area (Å²) in [4.78, 5) is 0. The van der Waals surface area contributed by atoms with Gasteiger partial charge in [-0.1, -0.05) is 89.0 Å². The van der Waals surface area contributed by atoms with E-state index < -0.39 is 0 Å². The van der Waals surface area contributed by atoms with Gasteiger partial charge in [-0.25, -0.2) is 0 Å². The van der Waals surface area contributed by atoms with Gasteiger partial charge in [-0.2, -0.15) is 0 Å². The lowest BCUT2D eigenvalue weighted by atomic mass is 9.78. The van der Waals surface area contributed by atoms with Gasteiger partial charge < -0.3 is 9.31 Å². The molecule has 0 radical (unpaired) electrons. The van der Waals surface area contributed by atoms with Crippen LogP contribution in [0.2, 0.25) is 0 Å². The molecule has 27 heavy (non-hydrogen) atoms. The Morgan fingerprint density at radius 3 is 1.59 bits per heavy atom. The summed E-state index contributed by atoms with van der Waals surface area (Å²) >= 11 is 0. The summed E-state index contributed by atoms with van der Waals surface area (Å²) in [5.74, 6) is 0. The van der Waals surface area contributed by atoms with Crippen LogP contribution >= 0.6 is 0 Å². The number of benzene rings is 1. The maximum absolute atomic E-state index is 6.13. The van der Waals surface area contributed by atoms with Crippen molar-refractivity contribution < 1.29 is 9.31 Å². The highest BCUT2D eigenvalue weighted by molar-refractivity contribution is 6.62. The van der Waals surface area contributed by atoms with Crippen LogP contribution in [0.15, 0.2) is 24.3 Å². The van der Waals surface area contributed by atoms with Gasteiger partial charge in [0.05, 0.1) is 11.2 Å². The molecule has 1 aliphatic rings. The summed E-state index contributed by atoms with van der Waals surface area (Å²) in [6.07, 6.45) is 15.1. The monoisotopic (exact) mass is 372 g/mol. The molecule has 0 aromatic heterocycles. The van der Waals surface area contributed by atoms with Crippen molar-refractivity contribution in [2.75, 3.05) is 0 Å². The zero-order valence-electron chi connectivity index (χ0n) is 18.5. The van der Waals surface area contributed by atoms with Gasteiger partial charge in [-0.15, -0.1) is 0 Å². The van der Waals surface area contributed by atoms with Crippen molar-refractivity contribution in [2.24, 2.45) is 0 Å². The van der Waals surface area contributed by atoms with Crippen molar-refractivity contribution in [3.05, 3.63) is 29.8 Å². The summed E-state index contributed by atoms with van der Waals surface area (Å²) in [7, 11) is -0.249. The Bertz CT molecular complexity index is 520. The van der Waals surface area contributed by atoms with Gasteiger partial charge >= 0.3 is 7.12 Å². The minimum Gasteiger partial charge on any atom is -0.399 e. The summed E-state index contributed by atoms with van der Waals surface area (Å²) < 4.78 is 12.3. The van der Waals surface area contributed by atoms with Crippen molar-refractivity contribution in [1.29, 1.82) is 0 Å². The average Bonchev–Trinajstić information content (AvgIpc) is 2.85. The highest BCUT2D eigenvalue weighted by atomic mass is 16.7. The largest absolute Gasteiger partial charge is 0.494 e. The van der Waals surface area contributed by atoms with Crippen LogP contribution in [0.25, 0.3) is 0 Å². The topological polar surface area (TPSA) is 18.5 Å². The first kappa shape index (κ1) is 22.5. The maximum atomic E-state index is 6.13. The zero-order valence-corrected chi connectivity index (χ0v) is 18.5. The normalized spacial score (nSPS) is 18.2. The summed E-state index contributed by atoms with van der Waals surface area (Å²) in [6.45, 7) is 10.7. The molecule has 2 nitrogen and oxygen atoms in total. The van der Waals surface area contributed by atoms with Gasteiger partial charge in [0.25, 0.3) is 0 Å². The third-order valence-corrected chi connectivity index (χ3v) is 6.32. The number of unbranched alkanes of at least 4 members (excludes halogenated alkanes) is 9. The van der Waals surface area contributed by atoms with Crippen LogP contribution in [0, 0.1) is 0 Å². The van der Waals surface area contributed by atoms with Crippen LogP contribution in [-0.4, -0.2) is 18.3 Å². The Morgan fingerprint density at radius 2 is 1.11 bits per heavy atom. The second-order valence-corrected chi connectivity index (χ2v) is 9.26. The first-order valence-electron chi connectivity index (χ1n) is 11.3. The molecule has 1 aliphatic heterocycles. The summed E-state index contributed by atoms with van der Waals surface area (Å²) in [6, 6.07) is 8.84. The van der Waals surface area contributed by atoms with E-state index in [4.69, 9.17) is 9.31 Å². The second-order valence-electron chi connectivity index (χ2n) is 9.26. The Morgan fingerprint density at radius 1 is 0.667 bits per heavy atom. The Balaban J connectivity index is 1.61. The third-order valence-electron chi connectivity index (χ3n) is 6.32. The molecule has 1 aromatic carbocycles. The van der Waals surface area contributed by atoms with E-state index in [0.29, 0.717) is 0 Å². The van der Waals surface area contributed by atoms with Crippen LogP contribution in [0.5, 0.6) is 0 Å². The van der Waals surface area contributed by atoms with Crippen LogP contribution in [-0.2, 0) is 15.7 Å². The quantitative estimate of drug-likeness (QED) is 0.310. The average molecular weight is 372 g/mol. The molecular weight excluding hydrogens is 331 g/mol. The molecule has 0 atom stereocenters. The number of rotatable bonds is 12. The van der Waals surface area contributed by atoms with E-state index in [1.54, 1.807) is 0 Å². The number of aryl methyl sites for hydroxylation is 1. The Kier molecular flexibility index (Phi) is 8.89. The van der Waals surface area contributed by atoms with Crippen LogP contribution in [0.3, 0.4) is 0 Å². The van der Waals surface area contributed by atoms with E-state index in [-0.39, 0.29) is 18.3 Å². The molecular formula is C24H41BO2. The molecule has 152 valence electrons. The van der Waals surface area contributed by atoms with Crippen LogP contribution in [0.1, 0.15) is 104 Å². The summed E-state index contributed by atoms with van der Waals surface area (Å²) in [5.41, 5.74) is 2.01. The molecule has 1 fully saturated rings. The van der Waals surface area contributed by atoms with E-state index in [1.807, 2.05) is 0 Å². The first-order valence-corrected chi connectivity index (χ1v) is 11.3. The van der Waals surface area contributed by atoms with Gasteiger partial charge in [-0.3, -0.25) is 0 Å². The Hall–Kier alpha value is -0.795. The Labute approximate surface area is 168 Å². The zero-order chi connectivity index (χ0) is 19.8. The molecule has 0 aliphatic carbocycles. The molecule has 3 heteroatoms. The highest BCUT2D eigenvalue weighted by Crippen LogP contribution is 2.36. The van der Waals surface area contributed by atoms with Crippen molar-refractivity contribution >= 4 is 12.6 Å². The molecule has 2 rings (SSSR count). The van der Waals surface area contributed by atoms with E-state index in [2.05, 4.69) is 58.9 Å². The molecule has 0 saturated carbocycles. The fourth-order valence-corrected chi connectivity index (χ4v) is 3.64. The predicted octanol–water partition coefficient (Wildman–Crippen LogP) is 6.45. The van der Waals surface area contributed by atoms with E-state index >= 15 is 0 Å². The molecule has 1 aromatic rings. The van der Waals surface area contributed by atoms with Crippen molar-refractivity contribution in [2.45, 2.75) is 116 Å². The molecule has 0 N–H and O–H groups in total. The van der Waals surface area contributed by atoms with E-state index in [1.165, 1.54) is 76.2 Å². The van der Waals surface area contributed by atoms with Gasteiger partial charge in [0.2, 0.25) is 0 Å². The highest BCUT2D eigenvalue weighted by Gasteiger charge is 2.51. The maximum Gasteiger partial charge on any atom is 0.494 e. The molecule has 1 heterocycles. The predicted molar refractivity (Wildman–Crippen MR) is 118 cm³/mol. The molecule has 0 unspecified atom stereocenters. The third kappa shape index (κ3) is 6.95. The number of hydrogen-bond donors (Lipinski definition) is 0. The fraction of sp³-hybridized carbons (Fsp3) is 0.750.